The summed E-state index contributed by atoms with van der Waals surface area (Å²) in [6.07, 6.45) is 2.93. The molecule has 2 aromatic rings. The zero-order valence-corrected chi connectivity index (χ0v) is 15.0. The lowest BCUT2D eigenvalue weighted by Gasteiger charge is -2.04. The van der Waals surface area contributed by atoms with E-state index in [9.17, 15) is 9.59 Å². The second kappa shape index (κ2) is 7.40. The van der Waals surface area contributed by atoms with Gasteiger partial charge >= 0.3 is 5.97 Å². The number of ketones is 1. The number of carbonyl (C=O) groups excluding carboxylic acids is 1. The number of aromatic nitrogens is 1. The molecule has 0 amide bonds. The predicted octanol–water partition coefficient (Wildman–Crippen LogP) is 4.57. The molecule has 0 radical (unpaired) electrons. The highest BCUT2D eigenvalue weighted by Crippen LogP contribution is 2.29. The third-order valence-corrected chi connectivity index (χ3v) is 4.02. The Labute approximate surface area is 147 Å². The van der Waals surface area contributed by atoms with Crippen molar-refractivity contribution in [2.75, 3.05) is 0 Å². The number of rotatable bonds is 5. The van der Waals surface area contributed by atoms with Crippen LogP contribution in [0.3, 0.4) is 0 Å². The summed E-state index contributed by atoms with van der Waals surface area (Å²) in [4.78, 5) is 23.9. The van der Waals surface area contributed by atoms with Gasteiger partial charge in [-0.05, 0) is 39.0 Å². The molecule has 0 aliphatic heterocycles. The molecule has 0 atom stereocenters. The van der Waals surface area contributed by atoms with E-state index in [2.05, 4.69) is 21.1 Å². The Balaban J connectivity index is 2.50. The molecule has 0 saturated heterocycles. The molecule has 0 fully saturated rings. The van der Waals surface area contributed by atoms with E-state index in [0.717, 1.165) is 10.0 Å². The zero-order chi connectivity index (χ0) is 17.9. The van der Waals surface area contributed by atoms with Gasteiger partial charge in [0, 0.05) is 21.2 Å². The Morgan fingerprint density at radius 2 is 1.88 bits per heavy atom. The van der Waals surface area contributed by atoms with Crippen LogP contribution in [0.15, 0.2) is 56.6 Å². The third-order valence-electron chi connectivity index (χ3n) is 3.49. The topological polar surface area (TPSA) is 80.4 Å². The highest BCUT2D eigenvalue weighted by molar-refractivity contribution is 9.10. The molecule has 2 rings (SSSR count). The third kappa shape index (κ3) is 3.71. The molecular weight excluding hydrogens is 374 g/mol. The molecule has 0 bridgehead atoms. The molecule has 0 aliphatic rings. The van der Waals surface area contributed by atoms with Gasteiger partial charge in [-0.2, -0.15) is 0 Å². The minimum Gasteiger partial charge on any atom is -0.478 e. The number of carbonyl (C=O) groups is 2. The largest absolute Gasteiger partial charge is 0.478 e. The van der Waals surface area contributed by atoms with Gasteiger partial charge in [0.1, 0.15) is 11.5 Å². The average molecular weight is 390 g/mol. The van der Waals surface area contributed by atoms with Gasteiger partial charge in [0.05, 0.1) is 5.56 Å². The van der Waals surface area contributed by atoms with Crippen LogP contribution in [-0.2, 0) is 4.79 Å². The summed E-state index contributed by atoms with van der Waals surface area (Å²) in [6, 6.07) is 7.34. The number of hydrogen-bond donors (Lipinski definition) is 1. The molecule has 0 unspecified atom stereocenters. The first-order chi connectivity index (χ1) is 11.3. The minimum atomic E-state index is -1.07. The Kier molecular flexibility index (Phi) is 5.51. The molecule has 124 valence electrons. The fourth-order valence-electron chi connectivity index (χ4n) is 2.16. The van der Waals surface area contributed by atoms with Gasteiger partial charge in [-0.25, -0.2) is 4.79 Å². The summed E-state index contributed by atoms with van der Waals surface area (Å²) in [7, 11) is 0. The van der Waals surface area contributed by atoms with Crippen molar-refractivity contribution in [3.05, 3.63) is 63.4 Å². The second-order valence-corrected chi connectivity index (χ2v) is 6.09. The molecule has 0 saturated carbocycles. The van der Waals surface area contributed by atoms with E-state index in [1.165, 1.54) is 13.0 Å². The van der Waals surface area contributed by atoms with Gasteiger partial charge in [0.25, 0.3) is 0 Å². The molecule has 1 heterocycles. The SMILES string of the molecule is C/C=C(\C=C(/C)C(=O)O)C(=O)c1c(-c2ccc(Br)cc2)noc1C. The second-order valence-electron chi connectivity index (χ2n) is 5.17. The Morgan fingerprint density at radius 3 is 2.42 bits per heavy atom. The molecule has 0 spiro atoms. The zero-order valence-electron chi connectivity index (χ0n) is 13.5. The number of Topliss-reactive ketones (excluding diaryl/α,β-unsaturated/α-hetero) is 1. The molecule has 1 aromatic heterocycles. The molecule has 24 heavy (non-hydrogen) atoms. The van der Waals surface area contributed by atoms with Crippen LogP contribution in [0.5, 0.6) is 0 Å². The quantitative estimate of drug-likeness (QED) is 0.460. The van der Waals surface area contributed by atoms with Crippen molar-refractivity contribution >= 4 is 27.7 Å². The maximum absolute atomic E-state index is 12.9. The minimum absolute atomic E-state index is 0.0794. The number of carboxylic acids is 1. The van der Waals surface area contributed by atoms with Crippen molar-refractivity contribution in [2.24, 2.45) is 0 Å². The van der Waals surface area contributed by atoms with E-state index in [-0.39, 0.29) is 16.9 Å². The van der Waals surface area contributed by atoms with Crippen molar-refractivity contribution in [1.29, 1.82) is 0 Å². The number of halogens is 1. The molecule has 1 aromatic carbocycles. The first-order valence-corrected chi connectivity index (χ1v) is 7.99. The molecule has 5 nitrogen and oxygen atoms in total. The normalized spacial score (nSPS) is 12.3. The van der Waals surface area contributed by atoms with Gasteiger partial charge in [0.15, 0.2) is 5.78 Å². The lowest BCUT2D eigenvalue weighted by atomic mass is 9.97. The standard InChI is InChI=1S/C18H16BrNO4/c1-4-12(9-10(2)18(22)23)17(21)15-11(3)24-20-16(15)13-5-7-14(19)8-6-13/h4-9H,1-3H3,(H,22,23)/b10-9+,12-4+. The summed E-state index contributed by atoms with van der Waals surface area (Å²) in [5.41, 5.74) is 1.87. The van der Waals surface area contributed by atoms with Crippen molar-refractivity contribution in [3.63, 3.8) is 0 Å². The summed E-state index contributed by atoms with van der Waals surface area (Å²) < 4.78 is 6.11. The molecular formula is C18H16BrNO4. The Hall–Kier alpha value is -2.47. The van der Waals surface area contributed by atoms with Crippen LogP contribution < -0.4 is 0 Å². The maximum atomic E-state index is 12.9. The predicted molar refractivity (Wildman–Crippen MR) is 93.9 cm³/mol. The maximum Gasteiger partial charge on any atom is 0.331 e. The average Bonchev–Trinajstić information content (AvgIpc) is 2.93. The molecule has 1 N–H and O–H groups in total. The molecule has 6 heteroatoms. The van der Waals surface area contributed by atoms with Crippen molar-refractivity contribution < 1.29 is 19.2 Å². The summed E-state index contributed by atoms with van der Waals surface area (Å²) in [5.74, 6) is -1.01. The number of hydrogen-bond acceptors (Lipinski definition) is 4. The number of aryl methyl sites for hydroxylation is 1. The monoisotopic (exact) mass is 389 g/mol. The van der Waals surface area contributed by atoms with Crippen molar-refractivity contribution in [3.8, 4) is 11.3 Å². The number of aliphatic carboxylic acids is 1. The van der Waals surface area contributed by atoms with Crippen LogP contribution in [0, 0.1) is 6.92 Å². The fraction of sp³-hybridized carbons (Fsp3) is 0.167. The van der Waals surface area contributed by atoms with E-state index in [1.54, 1.807) is 19.9 Å². The lowest BCUT2D eigenvalue weighted by Crippen LogP contribution is -2.06. The van der Waals surface area contributed by atoms with Crippen LogP contribution in [0.4, 0.5) is 0 Å². The van der Waals surface area contributed by atoms with E-state index in [0.29, 0.717) is 17.0 Å². The van der Waals surface area contributed by atoms with E-state index >= 15 is 0 Å². The van der Waals surface area contributed by atoms with E-state index < -0.39 is 5.97 Å². The van der Waals surface area contributed by atoms with Crippen LogP contribution in [0.25, 0.3) is 11.3 Å². The molecule has 0 aliphatic carbocycles. The Bertz CT molecular complexity index is 844. The van der Waals surface area contributed by atoms with Gasteiger partial charge in [-0.15, -0.1) is 0 Å². The fourth-order valence-corrected chi connectivity index (χ4v) is 2.43. The number of benzene rings is 1. The first kappa shape index (κ1) is 17.9. The summed E-state index contributed by atoms with van der Waals surface area (Å²) >= 11 is 3.36. The van der Waals surface area contributed by atoms with Gasteiger partial charge < -0.3 is 9.63 Å². The summed E-state index contributed by atoms with van der Waals surface area (Å²) in [6.45, 7) is 4.78. The van der Waals surface area contributed by atoms with Crippen molar-refractivity contribution in [1.82, 2.24) is 5.16 Å². The Morgan fingerprint density at radius 1 is 1.25 bits per heavy atom. The number of allylic oxidation sites excluding steroid dienone is 3. The van der Waals surface area contributed by atoms with Gasteiger partial charge in [-0.1, -0.05) is 39.3 Å². The number of nitrogens with zero attached hydrogens (tertiary/aromatic N) is 1. The van der Waals surface area contributed by atoms with E-state index in [4.69, 9.17) is 9.63 Å². The van der Waals surface area contributed by atoms with Crippen LogP contribution in [0.2, 0.25) is 0 Å². The van der Waals surface area contributed by atoms with Crippen LogP contribution >= 0.6 is 15.9 Å². The highest BCUT2D eigenvalue weighted by atomic mass is 79.9. The number of carboxylic acid groups (broad SMARTS) is 1. The van der Waals surface area contributed by atoms with Gasteiger partial charge in [0.2, 0.25) is 0 Å². The van der Waals surface area contributed by atoms with E-state index in [1.807, 2.05) is 24.3 Å². The van der Waals surface area contributed by atoms with Crippen molar-refractivity contribution in [2.45, 2.75) is 20.8 Å². The van der Waals surface area contributed by atoms with Crippen LogP contribution in [0.1, 0.15) is 30.0 Å². The highest BCUT2D eigenvalue weighted by Gasteiger charge is 2.23. The lowest BCUT2D eigenvalue weighted by molar-refractivity contribution is -0.132. The van der Waals surface area contributed by atoms with Crippen LogP contribution in [-0.4, -0.2) is 22.0 Å². The van der Waals surface area contributed by atoms with Gasteiger partial charge in [-0.3, -0.25) is 4.79 Å². The first-order valence-electron chi connectivity index (χ1n) is 7.20. The smallest absolute Gasteiger partial charge is 0.331 e. The summed E-state index contributed by atoms with van der Waals surface area (Å²) in [5, 5.41) is 13.0.